The smallest absolute Gasteiger partial charge is 0.373 e. The van der Waals surface area contributed by atoms with Gasteiger partial charge in [0.25, 0.3) is 0 Å². The van der Waals surface area contributed by atoms with E-state index in [1.54, 1.807) is 37.3 Å². The molecule has 1 aliphatic rings. The van der Waals surface area contributed by atoms with E-state index in [0.29, 0.717) is 24.3 Å². The van der Waals surface area contributed by atoms with E-state index in [4.69, 9.17) is 21.1 Å². The van der Waals surface area contributed by atoms with Crippen molar-refractivity contribution in [3.8, 4) is 0 Å². The predicted octanol–water partition coefficient (Wildman–Crippen LogP) is 4.97. The van der Waals surface area contributed by atoms with Gasteiger partial charge in [-0.15, -0.1) is 0 Å². The van der Waals surface area contributed by atoms with Crippen molar-refractivity contribution in [1.29, 1.82) is 0 Å². The number of cyclic esters (lactones) is 1. The number of allylic oxidation sites excluding steroid dienone is 5. The summed E-state index contributed by atoms with van der Waals surface area (Å²) in [6.07, 6.45) is 15.6. The lowest BCUT2D eigenvalue weighted by Crippen LogP contribution is -2.52. The maximum absolute atomic E-state index is 12.7. The zero-order valence-corrected chi connectivity index (χ0v) is 24.7. The molecule has 3 N–H and O–H groups in total. The van der Waals surface area contributed by atoms with Crippen LogP contribution in [0.1, 0.15) is 60.8 Å². The molecule has 4 atom stereocenters. The number of aliphatic hydroxyl groups is 1. The zero-order valence-electron chi connectivity index (χ0n) is 24.0. The molecule has 0 radical (unpaired) electrons. The summed E-state index contributed by atoms with van der Waals surface area (Å²) in [4.78, 5) is 37.1. The van der Waals surface area contributed by atoms with Crippen LogP contribution in [0, 0.1) is 11.3 Å². The molecule has 0 aromatic carbocycles. The molecule has 0 aromatic heterocycles. The Bertz CT molecular complexity index is 1030. The van der Waals surface area contributed by atoms with Crippen molar-refractivity contribution < 1.29 is 29.0 Å². The fourth-order valence-corrected chi connectivity index (χ4v) is 3.77. The Hall–Kier alpha value is -3.10. The summed E-state index contributed by atoms with van der Waals surface area (Å²) in [7, 11) is 1.44. The number of ether oxygens (including phenoxy) is 2. The molecule has 0 bridgehead atoms. The van der Waals surface area contributed by atoms with Gasteiger partial charge in [0, 0.05) is 23.4 Å². The Morgan fingerprint density at radius 1 is 1.23 bits per heavy atom. The third kappa shape index (κ3) is 13.5. The number of hydrogen-bond acceptors (Lipinski definition) is 6. The van der Waals surface area contributed by atoms with Gasteiger partial charge in [0.2, 0.25) is 11.8 Å². The fourth-order valence-electron chi connectivity index (χ4n) is 3.68. The van der Waals surface area contributed by atoms with Gasteiger partial charge in [-0.05, 0) is 44.4 Å². The number of methoxy groups -OCH3 is 1. The lowest BCUT2D eigenvalue weighted by atomic mass is 9.86. The number of rotatable bonds is 13. The van der Waals surface area contributed by atoms with Gasteiger partial charge < -0.3 is 25.2 Å². The molecule has 0 aromatic rings. The zero-order chi connectivity index (χ0) is 29.6. The van der Waals surface area contributed by atoms with Crippen LogP contribution >= 0.6 is 11.6 Å². The van der Waals surface area contributed by atoms with Crippen molar-refractivity contribution in [2.75, 3.05) is 7.11 Å². The van der Waals surface area contributed by atoms with Crippen LogP contribution in [0.5, 0.6) is 0 Å². The molecule has 1 heterocycles. The molecule has 1 rings (SSSR count). The van der Waals surface area contributed by atoms with Crippen LogP contribution in [0.25, 0.3) is 0 Å². The van der Waals surface area contributed by atoms with Crippen molar-refractivity contribution in [2.45, 2.75) is 79.1 Å². The topological polar surface area (TPSA) is 114 Å². The van der Waals surface area contributed by atoms with E-state index in [0.717, 1.165) is 5.57 Å². The van der Waals surface area contributed by atoms with Gasteiger partial charge in [-0.25, -0.2) is 4.79 Å². The van der Waals surface area contributed by atoms with Crippen molar-refractivity contribution in [2.24, 2.45) is 11.3 Å². The molecule has 0 spiro atoms. The molecule has 1 aliphatic heterocycles. The summed E-state index contributed by atoms with van der Waals surface area (Å²) < 4.78 is 10.4. The first-order valence-electron chi connectivity index (χ1n) is 13.0. The van der Waals surface area contributed by atoms with Gasteiger partial charge in [-0.3, -0.25) is 9.59 Å². The maximum atomic E-state index is 12.7. The third-order valence-corrected chi connectivity index (χ3v) is 6.04. The van der Waals surface area contributed by atoms with Gasteiger partial charge in [0.05, 0.1) is 13.2 Å². The Labute approximate surface area is 237 Å². The number of carbonyl (C=O) groups is 3. The fraction of sp³-hybridized carbons (Fsp3) is 0.500. The monoisotopic (exact) mass is 562 g/mol. The Morgan fingerprint density at radius 2 is 1.90 bits per heavy atom. The van der Waals surface area contributed by atoms with Crippen molar-refractivity contribution in [1.82, 2.24) is 10.6 Å². The molecule has 0 saturated carbocycles. The van der Waals surface area contributed by atoms with Crippen LogP contribution < -0.4 is 10.6 Å². The highest BCUT2D eigenvalue weighted by molar-refractivity contribution is 6.29. The van der Waals surface area contributed by atoms with E-state index >= 15 is 0 Å². The SMILES string of the molecule is COC1=CCC([C@@H](C)/C=C(C)/C=C\C=C/C(=O)N[C@H](C(=O)N/C=C\C[C@H](O)C/C=C(\C)Cl)C(C)(C)C)OC1=O. The summed E-state index contributed by atoms with van der Waals surface area (Å²) in [5.74, 6) is -0.991. The average molecular weight is 563 g/mol. The van der Waals surface area contributed by atoms with Crippen LogP contribution in [0.3, 0.4) is 0 Å². The number of halogens is 1. The van der Waals surface area contributed by atoms with E-state index in [-0.39, 0.29) is 23.7 Å². The number of carbonyl (C=O) groups excluding carboxylic acids is 3. The van der Waals surface area contributed by atoms with Crippen LogP contribution in [-0.4, -0.2) is 48.2 Å². The molecule has 8 nitrogen and oxygen atoms in total. The minimum atomic E-state index is -0.775. The predicted molar refractivity (Wildman–Crippen MR) is 154 cm³/mol. The Morgan fingerprint density at radius 3 is 2.49 bits per heavy atom. The van der Waals surface area contributed by atoms with Gasteiger partial charge in [0.1, 0.15) is 12.1 Å². The molecule has 0 aliphatic carbocycles. The van der Waals surface area contributed by atoms with Crippen molar-refractivity contribution >= 4 is 29.4 Å². The van der Waals surface area contributed by atoms with Gasteiger partial charge >= 0.3 is 5.97 Å². The first-order valence-corrected chi connectivity index (χ1v) is 13.4. The maximum Gasteiger partial charge on any atom is 0.373 e. The summed E-state index contributed by atoms with van der Waals surface area (Å²) in [6.45, 7) is 11.2. The minimum Gasteiger partial charge on any atom is -0.490 e. The van der Waals surface area contributed by atoms with E-state index < -0.39 is 29.4 Å². The number of nitrogens with one attached hydrogen (secondary N) is 2. The second kappa shape index (κ2) is 16.8. The highest BCUT2D eigenvalue weighted by Crippen LogP contribution is 2.23. The number of hydrogen-bond donors (Lipinski definition) is 3. The van der Waals surface area contributed by atoms with Crippen LogP contribution in [0.4, 0.5) is 0 Å². The van der Waals surface area contributed by atoms with Crippen molar-refractivity contribution in [3.63, 3.8) is 0 Å². The average Bonchev–Trinajstić information content (AvgIpc) is 2.85. The first-order chi connectivity index (χ1) is 18.2. The lowest BCUT2D eigenvalue weighted by Gasteiger charge is -2.29. The van der Waals surface area contributed by atoms with E-state index in [1.165, 1.54) is 19.4 Å². The second-order valence-corrected chi connectivity index (χ2v) is 11.2. The van der Waals surface area contributed by atoms with Crippen LogP contribution in [-0.2, 0) is 23.9 Å². The Kier molecular flexibility index (Phi) is 14.6. The molecule has 1 unspecified atom stereocenters. The minimum absolute atomic E-state index is 0.00409. The number of aliphatic hydroxyl groups excluding tert-OH is 1. The second-order valence-electron chi connectivity index (χ2n) is 10.6. The highest BCUT2D eigenvalue weighted by atomic mass is 35.5. The largest absolute Gasteiger partial charge is 0.490 e. The van der Waals surface area contributed by atoms with Gasteiger partial charge in [-0.1, -0.05) is 81.3 Å². The molecule has 39 heavy (non-hydrogen) atoms. The third-order valence-electron chi connectivity index (χ3n) is 5.88. The molecule has 2 amide bonds. The standard InChI is InChI=1S/C30H43ClN2O6/c1-20(19-21(2)24-16-17-25(38-7)29(37)39-24)11-8-9-13-26(35)33-27(30(4,5)6)28(36)32-18-10-12-23(34)15-14-22(3)31/h8-11,13-14,17-19,21,23-24,27,34H,12,15-16H2,1-7H3,(H,32,36)(H,33,35)/b11-8-,13-9-,18-10-,20-19+,22-14+/t21-,23-,24?,27+/m0/s1. The molecule has 0 fully saturated rings. The summed E-state index contributed by atoms with van der Waals surface area (Å²) >= 11 is 5.77. The molecular formula is C30H43ClN2O6. The van der Waals surface area contributed by atoms with Gasteiger partial charge in [-0.2, -0.15) is 0 Å². The Balaban J connectivity index is 2.64. The summed E-state index contributed by atoms with van der Waals surface area (Å²) in [5.41, 5.74) is 0.416. The highest BCUT2D eigenvalue weighted by Gasteiger charge is 2.32. The van der Waals surface area contributed by atoms with Crippen LogP contribution in [0.15, 0.2) is 71.2 Å². The lowest BCUT2D eigenvalue weighted by molar-refractivity contribution is -0.151. The first kappa shape index (κ1) is 33.9. The normalized spacial score (nSPS) is 19.6. The molecule has 216 valence electrons. The molecule has 0 saturated heterocycles. The van der Waals surface area contributed by atoms with E-state index in [2.05, 4.69) is 10.6 Å². The van der Waals surface area contributed by atoms with Gasteiger partial charge in [0.15, 0.2) is 5.76 Å². The quantitative estimate of drug-likeness (QED) is 0.166. The number of amides is 2. The summed E-state index contributed by atoms with van der Waals surface area (Å²) in [6, 6.07) is -0.775. The summed E-state index contributed by atoms with van der Waals surface area (Å²) in [5, 5.41) is 16.0. The van der Waals surface area contributed by atoms with Crippen LogP contribution in [0.2, 0.25) is 0 Å². The molecular weight excluding hydrogens is 520 g/mol. The van der Waals surface area contributed by atoms with Crippen molar-refractivity contribution in [3.05, 3.63) is 71.2 Å². The number of esters is 1. The van der Waals surface area contributed by atoms with E-state index in [1.807, 2.05) is 46.8 Å². The van der Waals surface area contributed by atoms with E-state index in [9.17, 15) is 19.5 Å². The molecule has 9 heteroatoms.